The zero-order valence-electron chi connectivity index (χ0n) is 12.3. The van der Waals surface area contributed by atoms with Crippen molar-refractivity contribution in [2.75, 3.05) is 20.3 Å². The standard InChI is InChI=1S/C15H25NO3/c1-5-11(2)16(6-7-19-4)12(3)13-8-14(17)10-15(18)9-13/h8-12,17-18H,5-7H2,1-4H3. The first kappa shape index (κ1) is 15.8. The fraction of sp³-hybridized carbons (Fsp3) is 0.600. The highest BCUT2D eigenvalue weighted by Gasteiger charge is 2.20. The van der Waals surface area contributed by atoms with E-state index in [0.717, 1.165) is 18.5 Å². The molecule has 1 rings (SSSR count). The van der Waals surface area contributed by atoms with Crippen LogP contribution in [-0.4, -0.2) is 41.4 Å². The van der Waals surface area contributed by atoms with Gasteiger partial charge in [0.2, 0.25) is 0 Å². The molecule has 2 unspecified atom stereocenters. The van der Waals surface area contributed by atoms with Crippen LogP contribution in [0.15, 0.2) is 18.2 Å². The van der Waals surface area contributed by atoms with Crippen molar-refractivity contribution in [2.45, 2.75) is 39.3 Å². The molecule has 0 radical (unpaired) electrons. The molecule has 4 heteroatoms. The molecular weight excluding hydrogens is 242 g/mol. The maximum Gasteiger partial charge on any atom is 0.119 e. The van der Waals surface area contributed by atoms with E-state index >= 15 is 0 Å². The van der Waals surface area contributed by atoms with Crippen LogP contribution in [0.4, 0.5) is 0 Å². The van der Waals surface area contributed by atoms with Crippen LogP contribution < -0.4 is 0 Å². The number of methoxy groups -OCH3 is 1. The van der Waals surface area contributed by atoms with Crippen molar-refractivity contribution in [3.8, 4) is 11.5 Å². The summed E-state index contributed by atoms with van der Waals surface area (Å²) >= 11 is 0. The van der Waals surface area contributed by atoms with Crippen LogP contribution in [0.2, 0.25) is 0 Å². The van der Waals surface area contributed by atoms with Crippen molar-refractivity contribution in [3.05, 3.63) is 23.8 Å². The van der Waals surface area contributed by atoms with Crippen LogP contribution >= 0.6 is 0 Å². The SMILES string of the molecule is CCC(C)N(CCOC)C(C)c1cc(O)cc(O)c1. The average Bonchev–Trinajstić information content (AvgIpc) is 2.37. The second-order valence-electron chi connectivity index (χ2n) is 4.95. The molecule has 0 saturated heterocycles. The molecule has 2 atom stereocenters. The number of nitrogens with zero attached hydrogens (tertiary/aromatic N) is 1. The smallest absolute Gasteiger partial charge is 0.119 e. The molecule has 0 spiro atoms. The third kappa shape index (κ3) is 4.40. The lowest BCUT2D eigenvalue weighted by Crippen LogP contribution is -2.37. The first-order chi connectivity index (χ1) is 8.99. The van der Waals surface area contributed by atoms with Gasteiger partial charge in [0.1, 0.15) is 11.5 Å². The molecule has 0 saturated carbocycles. The lowest BCUT2D eigenvalue weighted by molar-refractivity contribution is 0.0938. The Morgan fingerprint density at radius 3 is 2.21 bits per heavy atom. The van der Waals surface area contributed by atoms with Crippen molar-refractivity contribution < 1.29 is 14.9 Å². The summed E-state index contributed by atoms with van der Waals surface area (Å²) in [7, 11) is 1.69. The number of benzene rings is 1. The lowest BCUT2D eigenvalue weighted by atomic mass is 10.0. The summed E-state index contributed by atoms with van der Waals surface area (Å²) in [6.07, 6.45) is 1.04. The topological polar surface area (TPSA) is 52.9 Å². The van der Waals surface area contributed by atoms with E-state index in [-0.39, 0.29) is 17.5 Å². The van der Waals surface area contributed by atoms with E-state index in [9.17, 15) is 10.2 Å². The van der Waals surface area contributed by atoms with Crippen LogP contribution in [0.25, 0.3) is 0 Å². The fourth-order valence-electron chi connectivity index (χ4n) is 2.28. The summed E-state index contributed by atoms with van der Waals surface area (Å²) in [6.45, 7) is 7.89. The highest BCUT2D eigenvalue weighted by atomic mass is 16.5. The van der Waals surface area contributed by atoms with E-state index in [1.54, 1.807) is 19.2 Å². The van der Waals surface area contributed by atoms with Gasteiger partial charge in [-0.1, -0.05) is 6.92 Å². The van der Waals surface area contributed by atoms with Gasteiger partial charge >= 0.3 is 0 Å². The Hall–Kier alpha value is -1.26. The molecule has 19 heavy (non-hydrogen) atoms. The first-order valence-corrected chi connectivity index (χ1v) is 6.77. The van der Waals surface area contributed by atoms with Crippen molar-refractivity contribution in [1.82, 2.24) is 4.90 Å². The van der Waals surface area contributed by atoms with Crippen molar-refractivity contribution in [3.63, 3.8) is 0 Å². The Morgan fingerprint density at radius 1 is 1.16 bits per heavy atom. The summed E-state index contributed by atoms with van der Waals surface area (Å²) in [5.41, 5.74) is 0.911. The predicted molar refractivity (Wildman–Crippen MR) is 76.5 cm³/mol. The molecule has 0 heterocycles. The van der Waals surface area contributed by atoms with Gasteiger partial charge < -0.3 is 14.9 Å². The Bertz CT molecular complexity index is 375. The zero-order valence-corrected chi connectivity index (χ0v) is 12.3. The molecule has 0 aliphatic carbocycles. The van der Waals surface area contributed by atoms with Crippen LogP contribution in [0.3, 0.4) is 0 Å². The second-order valence-corrected chi connectivity index (χ2v) is 4.95. The maximum atomic E-state index is 9.59. The number of ether oxygens (including phenoxy) is 1. The average molecular weight is 267 g/mol. The lowest BCUT2D eigenvalue weighted by Gasteiger charge is -2.34. The fourth-order valence-corrected chi connectivity index (χ4v) is 2.28. The van der Waals surface area contributed by atoms with E-state index in [1.165, 1.54) is 6.07 Å². The minimum Gasteiger partial charge on any atom is -0.508 e. The highest BCUT2D eigenvalue weighted by Crippen LogP contribution is 2.29. The minimum absolute atomic E-state index is 0.0951. The van der Waals surface area contributed by atoms with Gasteiger partial charge in [-0.05, 0) is 38.0 Å². The van der Waals surface area contributed by atoms with Crippen LogP contribution in [0.5, 0.6) is 11.5 Å². The van der Waals surface area contributed by atoms with E-state index in [2.05, 4.69) is 25.7 Å². The van der Waals surface area contributed by atoms with Crippen molar-refractivity contribution in [2.24, 2.45) is 0 Å². The second kappa shape index (κ2) is 7.36. The normalized spacial score (nSPS) is 14.6. The number of rotatable bonds is 7. The molecule has 0 aliphatic rings. The summed E-state index contributed by atoms with van der Waals surface area (Å²) in [4.78, 5) is 2.32. The van der Waals surface area contributed by atoms with E-state index in [1.807, 2.05) is 0 Å². The first-order valence-electron chi connectivity index (χ1n) is 6.77. The van der Waals surface area contributed by atoms with Gasteiger partial charge in [-0.25, -0.2) is 0 Å². The van der Waals surface area contributed by atoms with E-state index in [0.29, 0.717) is 12.6 Å². The number of hydrogen-bond acceptors (Lipinski definition) is 4. The van der Waals surface area contributed by atoms with Gasteiger partial charge in [0.15, 0.2) is 0 Å². The van der Waals surface area contributed by atoms with Gasteiger partial charge in [-0.15, -0.1) is 0 Å². The molecule has 4 nitrogen and oxygen atoms in total. The summed E-state index contributed by atoms with van der Waals surface area (Å²) < 4.78 is 5.16. The molecular formula is C15H25NO3. The quantitative estimate of drug-likeness (QED) is 0.797. The zero-order chi connectivity index (χ0) is 14.4. The van der Waals surface area contributed by atoms with Crippen LogP contribution in [0.1, 0.15) is 38.8 Å². The number of hydrogen-bond donors (Lipinski definition) is 2. The Balaban J connectivity index is 2.93. The highest BCUT2D eigenvalue weighted by molar-refractivity contribution is 5.38. The van der Waals surface area contributed by atoms with Crippen LogP contribution in [0, 0.1) is 0 Å². The molecule has 2 N–H and O–H groups in total. The number of aromatic hydroxyl groups is 2. The summed E-state index contributed by atoms with van der Waals surface area (Å²) in [5, 5.41) is 19.2. The molecule has 0 bridgehead atoms. The van der Waals surface area contributed by atoms with Gasteiger partial charge in [-0.2, -0.15) is 0 Å². The van der Waals surface area contributed by atoms with Gasteiger partial charge in [-0.3, -0.25) is 4.90 Å². The molecule has 0 fully saturated rings. The van der Waals surface area contributed by atoms with E-state index < -0.39 is 0 Å². The third-order valence-electron chi connectivity index (χ3n) is 3.62. The summed E-state index contributed by atoms with van der Waals surface area (Å²) in [5.74, 6) is 0.190. The Labute approximate surface area is 115 Å². The molecule has 1 aromatic rings. The minimum atomic E-state index is 0.0951. The molecule has 1 aromatic carbocycles. The summed E-state index contributed by atoms with van der Waals surface area (Å²) in [6, 6.07) is 5.27. The molecule has 0 aliphatic heterocycles. The Kier molecular flexibility index (Phi) is 6.12. The van der Waals surface area contributed by atoms with Gasteiger partial charge in [0.25, 0.3) is 0 Å². The van der Waals surface area contributed by atoms with E-state index in [4.69, 9.17) is 4.74 Å². The monoisotopic (exact) mass is 267 g/mol. The number of phenols is 2. The Morgan fingerprint density at radius 2 is 1.74 bits per heavy atom. The van der Waals surface area contributed by atoms with Gasteiger partial charge in [0, 0.05) is 31.8 Å². The third-order valence-corrected chi connectivity index (χ3v) is 3.62. The van der Waals surface area contributed by atoms with Crippen molar-refractivity contribution >= 4 is 0 Å². The predicted octanol–water partition coefficient (Wildman–Crippen LogP) is 2.91. The molecule has 0 aromatic heterocycles. The largest absolute Gasteiger partial charge is 0.508 e. The van der Waals surface area contributed by atoms with Crippen molar-refractivity contribution in [1.29, 1.82) is 0 Å². The van der Waals surface area contributed by atoms with Gasteiger partial charge in [0.05, 0.1) is 6.61 Å². The molecule has 108 valence electrons. The maximum absolute atomic E-state index is 9.59. The van der Waals surface area contributed by atoms with Crippen LogP contribution in [-0.2, 0) is 4.74 Å². The molecule has 0 amide bonds. The number of phenolic OH excluding ortho intramolecular Hbond substituents is 2.